The summed E-state index contributed by atoms with van der Waals surface area (Å²) in [7, 11) is 0. The first kappa shape index (κ1) is 63.5. The Morgan fingerprint density at radius 3 is 0.741 bits per heavy atom. The van der Waals surface area contributed by atoms with Crippen LogP contribution >= 0.6 is 92.4 Å². The Kier molecular flexibility index (Phi) is 28.0. The van der Waals surface area contributed by atoms with Crippen molar-refractivity contribution in [2.24, 2.45) is 29.1 Å². The van der Waals surface area contributed by atoms with Crippen molar-refractivity contribution in [2.75, 3.05) is 125 Å². The molecule has 0 saturated heterocycles. The maximum atomic E-state index is 13.4. The number of rotatable bonds is 36. The summed E-state index contributed by atoms with van der Waals surface area (Å²) in [6.07, 6.45) is 8.10. The summed E-state index contributed by atoms with van der Waals surface area (Å²) in [5.74, 6) is 11.3. The second-order valence-corrected chi connectivity index (χ2v) is 28.4. The Morgan fingerprint density at radius 1 is 0.346 bits per heavy atom. The predicted molar refractivity (Wildman–Crippen MR) is 326 cm³/mol. The van der Waals surface area contributed by atoms with E-state index < -0.39 is 29.3 Å². The average Bonchev–Trinajstić information content (AvgIpc) is 4.26. The first-order chi connectivity index (χ1) is 39.8. The summed E-state index contributed by atoms with van der Waals surface area (Å²) in [4.78, 5) is 53.7. The van der Waals surface area contributed by atoms with Gasteiger partial charge in [0.2, 0.25) is 0 Å². The van der Waals surface area contributed by atoms with Crippen molar-refractivity contribution in [3.8, 4) is 46.0 Å². The molecule has 0 bridgehead atoms. The van der Waals surface area contributed by atoms with E-state index in [2.05, 4.69) is 0 Å². The van der Waals surface area contributed by atoms with E-state index >= 15 is 0 Å². The number of fused-ring (bicyclic) bond motifs is 4. The SMILES string of the molecule is O=C(CCSCCCC1COc2cscc2OC1)OCC(COC(=O)CCSCCCC1COc2cscc2OC1)(COC(=O)CCSCCCC1COc2cscc2OC1)COC(=O)CCSCCCC1COc2cscc2OC1. The minimum Gasteiger partial charge on any atom is -0.488 e. The Hall–Kier alpha value is -3.52. The average molecular weight is 1270 g/mol. The van der Waals surface area contributed by atoms with Crippen molar-refractivity contribution in [3.05, 3.63) is 43.0 Å². The van der Waals surface area contributed by atoms with Crippen LogP contribution in [0.3, 0.4) is 0 Å². The fraction of sp³-hybridized carbons (Fsp3) is 0.649. The Bertz CT molecular complexity index is 2050. The number of hydrogen-bond donors (Lipinski definition) is 0. The fourth-order valence-electron chi connectivity index (χ4n) is 8.86. The van der Waals surface area contributed by atoms with Gasteiger partial charge in [0.05, 0.1) is 78.5 Å². The highest BCUT2D eigenvalue weighted by molar-refractivity contribution is 7.99. The second-order valence-electron chi connectivity index (χ2n) is 20.5. The van der Waals surface area contributed by atoms with Crippen LogP contribution in [-0.2, 0) is 38.1 Å². The molecule has 0 fully saturated rings. The van der Waals surface area contributed by atoms with E-state index in [0.717, 1.165) is 120 Å². The molecule has 0 atom stereocenters. The Balaban J connectivity index is 0.795. The number of esters is 4. The van der Waals surface area contributed by atoms with Gasteiger partial charge in [-0.25, -0.2) is 0 Å². The molecular formula is C57H76O16S8. The number of thioether (sulfide) groups is 4. The molecule has 4 aromatic rings. The molecule has 0 amide bonds. The third-order valence-electron chi connectivity index (χ3n) is 13.7. The van der Waals surface area contributed by atoms with E-state index in [1.54, 1.807) is 92.4 Å². The van der Waals surface area contributed by atoms with Crippen LogP contribution in [0.1, 0.15) is 77.0 Å². The first-order valence-corrected chi connectivity index (χ1v) is 36.4. The first-order valence-electron chi connectivity index (χ1n) is 28.0. The molecule has 8 heterocycles. The molecule has 0 aliphatic carbocycles. The molecular weight excluding hydrogens is 1200 g/mol. The molecule has 81 heavy (non-hydrogen) atoms. The van der Waals surface area contributed by atoms with Crippen LogP contribution in [0.25, 0.3) is 0 Å². The summed E-state index contributed by atoms with van der Waals surface area (Å²) >= 11 is 12.9. The number of ether oxygens (including phenoxy) is 12. The van der Waals surface area contributed by atoms with Gasteiger partial charge >= 0.3 is 23.9 Å². The third kappa shape index (κ3) is 22.8. The molecule has 4 aliphatic rings. The van der Waals surface area contributed by atoms with Gasteiger partial charge in [-0.2, -0.15) is 47.0 Å². The highest BCUT2D eigenvalue weighted by Gasteiger charge is 2.38. The summed E-state index contributed by atoms with van der Waals surface area (Å²) in [6.45, 7) is 3.73. The summed E-state index contributed by atoms with van der Waals surface area (Å²) in [5.41, 5.74) is -1.35. The molecule has 8 rings (SSSR count). The molecule has 0 N–H and O–H groups in total. The van der Waals surface area contributed by atoms with Crippen LogP contribution in [0.2, 0.25) is 0 Å². The monoisotopic (exact) mass is 1270 g/mol. The van der Waals surface area contributed by atoms with Gasteiger partial charge < -0.3 is 56.8 Å². The number of carbonyl (C=O) groups is 4. The quantitative estimate of drug-likeness (QED) is 0.0238. The summed E-state index contributed by atoms with van der Waals surface area (Å²) in [5, 5.41) is 15.7. The second kappa shape index (κ2) is 35.7. The van der Waals surface area contributed by atoms with Crippen LogP contribution in [-0.4, -0.2) is 149 Å². The van der Waals surface area contributed by atoms with Gasteiger partial charge in [0.1, 0.15) is 31.8 Å². The number of thiophene rings is 4. The zero-order valence-corrected chi connectivity index (χ0v) is 52.4. The lowest BCUT2D eigenvalue weighted by Gasteiger charge is -2.31. The van der Waals surface area contributed by atoms with Gasteiger partial charge in [-0.1, -0.05) is 0 Å². The zero-order valence-electron chi connectivity index (χ0n) is 45.9. The zero-order chi connectivity index (χ0) is 56.2. The third-order valence-corrected chi connectivity index (χ3v) is 20.8. The highest BCUT2D eigenvalue weighted by atomic mass is 32.2. The lowest BCUT2D eigenvalue weighted by Crippen LogP contribution is -2.44. The lowest BCUT2D eigenvalue weighted by atomic mass is 9.92. The number of hydrogen-bond acceptors (Lipinski definition) is 24. The largest absolute Gasteiger partial charge is 0.488 e. The van der Waals surface area contributed by atoms with Crippen LogP contribution < -0.4 is 37.9 Å². The molecule has 24 heteroatoms. The van der Waals surface area contributed by atoms with Gasteiger partial charge in [-0.15, -0.1) is 45.3 Å². The van der Waals surface area contributed by atoms with E-state index in [1.807, 2.05) is 43.0 Å². The topological polar surface area (TPSA) is 179 Å². The van der Waals surface area contributed by atoms with Crippen LogP contribution in [0.5, 0.6) is 46.0 Å². The van der Waals surface area contributed by atoms with Gasteiger partial charge in [0.15, 0.2) is 46.0 Å². The van der Waals surface area contributed by atoms with E-state index in [4.69, 9.17) is 56.8 Å². The Labute approximate surface area is 509 Å². The van der Waals surface area contributed by atoms with Crippen LogP contribution in [0.15, 0.2) is 43.0 Å². The molecule has 0 radical (unpaired) electrons. The molecule has 448 valence electrons. The van der Waals surface area contributed by atoms with Crippen LogP contribution in [0.4, 0.5) is 0 Å². The molecule has 4 aromatic heterocycles. The number of carbonyl (C=O) groups excluding carboxylic acids is 4. The molecule has 16 nitrogen and oxygen atoms in total. The van der Waals surface area contributed by atoms with Crippen LogP contribution in [0, 0.1) is 29.1 Å². The minimum atomic E-state index is -1.35. The maximum absolute atomic E-state index is 13.4. The lowest BCUT2D eigenvalue weighted by molar-refractivity contribution is -0.170. The molecule has 0 saturated carbocycles. The molecule has 0 unspecified atom stereocenters. The van der Waals surface area contributed by atoms with Crippen molar-refractivity contribution < 1.29 is 76.0 Å². The normalized spacial score (nSPS) is 15.7. The summed E-state index contributed by atoms with van der Waals surface area (Å²) in [6, 6.07) is 0. The van der Waals surface area contributed by atoms with E-state index in [9.17, 15) is 19.2 Å². The van der Waals surface area contributed by atoms with Crippen molar-refractivity contribution in [1.29, 1.82) is 0 Å². The molecule has 0 spiro atoms. The standard InChI is InChI=1S/C57H76O16S8/c58-53(9-17-74-13-1-5-41-21-62-45-29-78-30-46(45)63-22-41)70-37-57(38-71-54(59)10-18-75-14-2-6-42-23-64-47-31-79-32-48(47)65-24-42,39-72-55(60)11-19-76-15-3-7-43-25-66-49-33-80-34-50(49)67-26-43)40-73-56(61)12-20-77-16-4-8-44-27-68-51-35-81-36-52(51)69-28-44/h29-36,41-44H,1-28,37-40H2. The molecule has 0 aromatic carbocycles. The van der Waals surface area contributed by atoms with Crippen molar-refractivity contribution in [2.45, 2.75) is 77.0 Å². The van der Waals surface area contributed by atoms with Gasteiger partial charge in [0, 0.05) is 89.7 Å². The van der Waals surface area contributed by atoms with E-state index in [-0.39, 0.29) is 75.8 Å². The van der Waals surface area contributed by atoms with Gasteiger partial charge in [-0.3, -0.25) is 19.2 Å². The minimum absolute atomic E-state index is 0.143. The smallest absolute Gasteiger partial charge is 0.306 e. The van der Waals surface area contributed by atoms with E-state index in [0.29, 0.717) is 75.9 Å². The maximum Gasteiger partial charge on any atom is 0.306 e. The van der Waals surface area contributed by atoms with Crippen molar-refractivity contribution in [3.63, 3.8) is 0 Å². The summed E-state index contributed by atoms with van der Waals surface area (Å²) < 4.78 is 71.1. The van der Waals surface area contributed by atoms with Gasteiger partial charge in [0.25, 0.3) is 0 Å². The fourth-order valence-corrected chi connectivity index (χ4v) is 15.1. The predicted octanol–water partition coefficient (Wildman–Crippen LogP) is 12.4. The highest BCUT2D eigenvalue weighted by Crippen LogP contribution is 2.38. The Morgan fingerprint density at radius 2 is 0.543 bits per heavy atom. The van der Waals surface area contributed by atoms with Crippen molar-refractivity contribution in [1.82, 2.24) is 0 Å². The molecule has 4 aliphatic heterocycles. The van der Waals surface area contributed by atoms with E-state index in [1.165, 1.54) is 0 Å². The van der Waals surface area contributed by atoms with Crippen molar-refractivity contribution >= 4 is 116 Å². The van der Waals surface area contributed by atoms with Gasteiger partial charge in [-0.05, 0) is 74.4 Å².